The maximum Gasteiger partial charge on any atom is 0.0522 e. The molecule has 0 aliphatic rings. The summed E-state index contributed by atoms with van der Waals surface area (Å²) in [6, 6.07) is 6.46. The molecule has 1 atom stereocenters. The molecule has 4 heteroatoms. The zero-order valence-corrected chi connectivity index (χ0v) is 12.4. The summed E-state index contributed by atoms with van der Waals surface area (Å²) in [7, 11) is 1.94. The van der Waals surface area contributed by atoms with Gasteiger partial charge in [0.15, 0.2) is 0 Å². The molecule has 1 aromatic heterocycles. The fourth-order valence-electron chi connectivity index (χ4n) is 2.27. The Balaban J connectivity index is 2.23. The van der Waals surface area contributed by atoms with Crippen molar-refractivity contribution in [3.63, 3.8) is 0 Å². The summed E-state index contributed by atoms with van der Waals surface area (Å²) >= 11 is 6.37. The van der Waals surface area contributed by atoms with Gasteiger partial charge in [0.05, 0.1) is 6.20 Å². The Morgan fingerprint density at radius 2 is 2.21 bits per heavy atom. The highest BCUT2D eigenvalue weighted by Gasteiger charge is 2.15. The molecule has 1 unspecified atom stereocenters. The molecule has 0 bridgehead atoms. The van der Waals surface area contributed by atoms with E-state index in [-0.39, 0.29) is 6.04 Å². The van der Waals surface area contributed by atoms with Crippen molar-refractivity contribution in [3.8, 4) is 0 Å². The fraction of sp³-hybridized carbons (Fsp3) is 0.400. The molecule has 2 aromatic rings. The largest absolute Gasteiger partial charge is 0.310 e. The van der Waals surface area contributed by atoms with Crippen molar-refractivity contribution in [1.82, 2.24) is 15.1 Å². The standard InChI is InChI=1S/C15H20ClN3/c1-4-17-15(8-12-9-18-19(3)10-12)13-6-5-11(2)7-14(13)16/h5-7,9-10,15,17H,4,8H2,1-3H3. The number of halogens is 1. The Labute approximate surface area is 119 Å². The van der Waals surface area contributed by atoms with Crippen molar-refractivity contribution in [2.75, 3.05) is 6.54 Å². The van der Waals surface area contributed by atoms with Crippen LogP contribution in [0, 0.1) is 6.92 Å². The maximum atomic E-state index is 6.37. The minimum absolute atomic E-state index is 0.224. The highest BCUT2D eigenvalue weighted by Crippen LogP contribution is 2.26. The SMILES string of the molecule is CCNC(Cc1cnn(C)c1)c1ccc(C)cc1Cl. The molecule has 0 spiro atoms. The van der Waals surface area contributed by atoms with Gasteiger partial charge in [0.25, 0.3) is 0 Å². The van der Waals surface area contributed by atoms with Gasteiger partial charge in [-0.2, -0.15) is 5.10 Å². The fourth-order valence-corrected chi connectivity index (χ4v) is 2.63. The first-order valence-electron chi connectivity index (χ1n) is 6.57. The second kappa shape index (κ2) is 6.22. The summed E-state index contributed by atoms with van der Waals surface area (Å²) in [5.41, 5.74) is 3.55. The molecule has 0 radical (unpaired) electrons. The van der Waals surface area contributed by atoms with Gasteiger partial charge in [0.1, 0.15) is 0 Å². The third kappa shape index (κ3) is 3.58. The highest BCUT2D eigenvalue weighted by atomic mass is 35.5. The second-order valence-electron chi connectivity index (χ2n) is 4.86. The summed E-state index contributed by atoms with van der Waals surface area (Å²) in [6.07, 6.45) is 4.85. The predicted octanol–water partition coefficient (Wildman–Crippen LogP) is 3.28. The summed E-state index contributed by atoms with van der Waals surface area (Å²) < 4.78 is 1.83. The molecule has 3 nitrogen and oxygen atoms in total. The van der Waals surface area contributed by atoms with Crippen molar-refractivity contribution in [1.29, 1.82) is 0 Å². The van der Waals surface area contributed by atoms with Crippen molar-refractivity contribution in [2.45, 2.75) is 26.3 Å². The van der Waals surface area contributed by atoms with Gasteiger partial charge in [0, 0.05) is 24.3 Å². The van der Waals surface area contributed by atoms with E-state index in [9.17, 15) is 0 Å². The van der Waals surface area contributed by atoms with E-state index in [0.29, 0.717) is 0 Å². The monoisotopic (exact) mass is 277 g/mol. The molecule has 0 aliphatic carbocycles. The topological polar surface area (TPSA) is 29.9 Å². The predicted molar refractivity (Wildman–Crippen MR) is 79.5 cm³/mol. The van der Waals surface area contributed by atoms with Gasteiger partial charge in [0.2, 0.25) is 0 Å². The van der Waals surface area contributed by atoms with Crippen LogP contribution in [-0.4, -0.2) is 16.3 Å². The molecule has 19 heavy (non-hydrogen) atoms. The van der Waals surface area contributed by atoms with E-state index in [0.717, 1.165) is 23.6 Å². The van der Waals surface area contributed by atoms with E-state index >= 15 is 0 Å². The number of benzene rings is 1. The van der Waals surface area contributed by atoms with Crippen LogP contribution in [0.15, 0.2) is 30.6 Å². The minimum atomic E-state index is 0.224. The van der Waals surface area contributed by atoms with E-state index in [1.54, 1.807) is 0 Å². The molecule has 1 heterocycles. The molecule has 0 saturated heterocycles. The average molecular weight is 278 g/mol. The van der Waals surface area contributed by atoms with Crippen LogP contribution in [0.1, 0.15) is 29.7 Å². The normalized spacial score (nSPS) is 12.6. The molecule has 1 aromatic carbocycles. The first-order valence-corrected chi connectivity index (χ1v) is 6.95. The van der Waals surface area contributed by atoms with Crippen molar-refractivity contribution < 1.29 is 0 Å². The third-order valence-electron chi connectivity index (χ3n) is 3.18. The summed E-state index contributed by atoms with van der Waals surface area (Å²) in [5, 5.41) is 8.54. The number of hydrogen-bond donors (Lipinski definition) is 1. The number of aromatic nitrogens is 2. The highest BCUT2D eigenvalue weighted by molar-refractivity contribution is 6.31. The lowest BCUT2D eigenvalue weighted by Crippen LogP contribution is -2.23. The Morgan fingerprint density at radius 3 is 2.79 bits per heavy atom. The molecular formula is C15H20ClN3. The van der Waals surface area contributed by atoms with Crippen LogP contribution in [0.4, 0.5) is 0 Å². The second-order valence-corrected chi connectivity index (χ2v) is 5.27. The van der Waals surface area contributed by atoms with Crippen molar-refractivity contribution >= 4 is 11.6 Å². The molecule has 1 N–H and O–H groups in total. The Kier molecular flexibility index (Phi) is 4.61. The van der Waals surface area contributed by atoms with E-state index in [2.05, 4.69) is 36.4 Å². The summed E-state index contributed by atoms with van der Waals surface area (Å²) in [4.78, 5) is 0. The van der Waals surface area contributed by atoms with Crippen molar-refractivity contribution in [3.05, 3.63) is 52.3 Å². The van der Waals surface area contributed by atoms with Gasteiger partial charge in [-0.25, -0.2) is 0 Å². The summed E-state index contributed by atoms with van der Waals surface area (Å²) in [5.74, 6) is 0. The van der Waals surface area contributed by atoms with Crippen LogP contribution < -0.4 is 5.32 Å². The average Bonchev–Trinajstić information content (AvgIpc) is 2.74. The Hall–Kier alpha value is -1.32. The quantitative estimate of drug-likeness (QED) is 0.909. The van der Waals surface area contributed by atoms with Crippen LogP contribution in [0.5, 0.6) is 0 Å². The van der Waals surface area contributed by atoms with Crippen LogP contribution >= 0.6 is 11.6 Å². The zero-order valence-electron chi connectivity index (χ0n) is 11.7. The van der Waals surface area contributed by atoms with Gasteiger partial charge in [-0.05, 0) is 42.6 Å². The van der Waals surface area contributed by atoms with E-state index < -0.39 is 0 Å². The van der Waals surface area contributed by atoms with Crippen LogP contribution in [0.2, 0.25) is 5.02 Å². The first-order chi connectivity index (χ1) is 9.10. The molecule has 0 fully saturated rings. The number of likely N-dealkylation sites (N-methyl/N-ethyl adjacent to an activating group) is 1. The third-order valence-corrected chi connectivity index (χ3v) is 3.51. The lowest BCUT2D eigenvalue weighted by Gasteiger charge is -2.19. The zero-order chi connectivity index (χ0) is 13.8. The lowest BCUT2D eigenvalue weighted by molar-refractivity contribution is 0.549. The number of rotatable bonds is 5. The van der Waals surface area contributed by atoms with E-state index in [4.69, 9.17) is 11.6 Å². The van der Waals surface area contributed by atoms with Crippen molar-refractivity contribution in [2.24, 2.45) is 7.05 Å². The van der Waals surface area contributed by atoms with Gasteiger partial charge < -0.3 is 5.32 Å². The molecular weight excluding hydrogens is 258 g/mol. The van der Waals surface area contributed by atoms with Gasteiger partial charge in [-0.1, -0.05) is 30.7 Å². The van der Waals surface area contributed by atoms with Crippen LogP contribution in [0.3, 0.4) is 0 Å². The Bertz CT molecular complexity index is 548. The van der Waals surface area contributed by atoms with Crippen LogP contribution in [-0.2, 0) is 13.5 Å². The lowest BCUT2D eigenvalue weighted by atomic mass is 9.99. The number of aryl methyl sites for hydroxylation is 2. The maximum absolute atomic E-state index is 6.37. The van der Waals surface area contributed by atoms with Gasteiger partial charge >= 0.3 is 0 Å². The number of nitrogens with zero attached hydrogens (tertiary/aromatic N) is 2. The van der Waals surface area contributed by atoms with Crippen LogP contribution in [0.25, 0.3) is 0 Å². The molecule has 0 saturated carbocycles. The molecule has 0 aliphatic heterocycles. The van der Waals surface area contributed by atoms with E-state index in [1.165, 1.54) is 11.1 Å². The van der Waals surface area contributed by atoms with Gasteiger partial charge in [-0.15, -0.1) is 0 Å². The van der Waals surface area contributed by atoms with Gasteiger partial charge in [-0.3, -0.25) is 4.68 Å². The minimum Gasteiger partial charge on any atom is -0.310 e. The smallest absolute Gasteiger partial charge is 0.0522 e. The molecule has 0 amide bonds. The number of nitrogens with one attached hydrogen (secondary N) is 1. The molecule has 2 rings (SSSR count). The first kappa shape index (κ1) is 14.1. The van der Waals surface area contributed by atoms with E-state index in [1.807, 2.05) is 30.2 Å². The molecule has 102 valence electrons. The summed E-state index contributed by atoms with van der Waals surface area (Å²) in [6.45, 7) is 5.08. The number of hydrogen-bond acceptors (Lipinski definition) is 2. The Morgan fingerprint density at radius 1 is 1.42 bits per heavy atom.